The van der Waals surface area contributed by atoms with Crippen molar-refractivity contribution in [3.8, 4) is 74.0 Å². The molecule has 9 aromatic carbocycles. The zero-order chi connectivity index (χ0) is 43.4. The van der Waals surface area contributed by atoms with E-state index in [1.54, 1.807) is 37.0 Å². The Labute approximate surface area is 355 Å². The summed E-state index contributed by atoms with van der Waals surface area (Å²) in [5, 5.41) is 100.0. The summed E-state index contributed by atoms with van der Waals surface area (Å²) in [5.41, 5.74) is 5.59. The molecule has 0 atom stereocenters. The Hall–Kier alpha value is -8.64. The van der Waals surface area contributed by atoms with E-state index in [2.05, 4.69) is 0 Å². The van der Waals surface area contributed by atoms with E-state index in [9.17, 15) is 46.0 Å². The maximum atomic E-state index is 11.3. The van der Waals surface area contributed by atoms with Crippen molar-refractivity contribution in [2.24, 2.45) is 0 Å². The van der Waals surface area contributed by atoms with E-state index in [1.807, 2.05) is 133 Å². The molecule has 0 aliphatic heterocycles. The predicted octanol–water partition coefficient (Wildman–Crippen LogP) is 9.88. The van der Waals surface area contributed by atoms with Crippen LogP contribution >= 0.6 is 0 Å². The molecule has 0 aliphatic rings. The van der Waals surface area contributed by atoms with Crippen LogP contribution in [-0.4, -0.2) is 53.8 Å². The molecule has 0 aromatic heterocycles. The zero-order valence-electron chi connectivity index (χ0n) is 32.9. The lowest BCUT2D eigenvalue weighted by Gasteiger charge is -2.30. The average Bonchev–Trinajstić information content (AvgIpc) is 3.31. The Bertz CT molecular complexity index is 2930. The van der Waals surface area contributed by atoms with Gasteiger partial charge in [0.25, 0.3) is 0 Å². The summed E-state index contributed by atoms with van der Waals surface area (Å²) in [7, 11) is 1.55. The first-order valence-electron chi connectivity index (χ1n) is 19.5. The maximum absolute atomic E-state index is 11.3. The molecule has 9 rings (SSSR count). The number of nitrogens with zero attached hydrogens (tertiary/aromatic N) is 2. The Kier molecular flexibility index (Phi) is 9.52. The average molecular weight is 821 g/mol. The number of phenolic OH excluding ortho intramolecular Hbond substituents is 9. The Balaban J connectivity index is 1.10. The molecule has 9 N–H and O–H groups in total. The van der Waals surface area contributed by atoms with Crippen LogP contribution < -0.4 is 15.3 Å². The van der Waals surface area contributed by atoms with E-state index in [-0.39, 0.29) is 16.8 Å². The van der Waals surface area contributed by atoms with Crippen molar-refractivity contribution in [1.82, 2.24) is 0 Å². The van der Waals surface area contributed by atoms with E-state index in [0.717, 1.165) is 43.8 Å². The topological polar surface area (TPSA) is 189 Å². The van der Waals surface area contributed by atoms with E-state index < -0.39 is 51.7 Å². The smallest absolute Gasteiger partial charge is 0.208 e. The molecule has 0 bridgehead atoms. The molecule has 0 saturated heterocycles. The van der Waals surface area contributed by atoms with Crippen LogP contribution in [0, 0.1) is 0 Å². The van der Waals surface area contributed by atoms with Gasteiger partial charge in [-0.15, -0.1) is 0 Å². The third kappa shape index (κ3) is 6.34. The van der Waals surface area contributed by atoms with Crippen molar-refractivity contribution < 1.29 is 46.0 Å². The van der Waals surface area contributed by atoms with Crippen molar-refractivity contribution in [2.45, 2.75) is 0 Å². The fraction of sp³-hybridized carbons (Fsp3) is 0. The highest BCUT2D eigenvalue weighted by Gasteiger charge is 2.30. The van der Waals surface area contributed by atoms with Gasteiger partial charge < -0.3 is 55.8 Å². The fourth-order valence-corrected chi connectivity index (χ4v) is 8.03. The van der Waals surface area contributed by atoms with Crippen LogP contribution in [0.25, 0.3) is 43.8 Å². The van der Waals surface area contributed by atoms with Crippen LogP contribution in [0.15, 0.2) is 158 Å². The Morgan fingerprint density at radius 2 is 0.661 bits per heavy atom. The number of fused-ring (bicyclic) bond motifs is 2. The second-order valence-electron chi connectivity index (χ2n) is 14.8. The van der Waals surface area contributed by atoms with Gasteiger partial charge in [0.05, 0.1) is 17.1 Å². The number of phenols is 9. The second kappa shape index (κ2) is 15.2. The normalized spacial score (nSPS) is 11.2. The number of aromatic hydroxyl groups is 9. The maximum Gasteiger partial charge on any atom is 0.208 e. The first-order chi connectivity index (χ1) is 29.9. The van der Waals surface area contributed by atoms with Gasteiger partial charge in [0, 0.05) is 22.1 Å². The van der Waals surface area contributed by atoms with Crippen molar-refractivity contribution >= 4 is 69.0 Å². The molecule has 0 heterocycles. The Morgan fingerprint density at radius 3 is 1.13 bits per heavy atom. The lowest BCUT2D eigenvalue weighted by atomic mass is 9.89. The second-order valence-corrected chi connectivity index (χ2v) is 14.8. The zero-order valence-corrected chi connectivity index (χ0v) is 32.9. The van der Waals surface area contributed by atoms with Crippen LogP contribution in [-0.2, 0) is 0 Å². The largest absolute Gasteiger partial charge is 0.505 e. The predicted molar refractivity (Wildman–Crippen MR) is 245 cm³/mol. The minimum Gasteiger partial charge on any atom is -0.505 e. The van der Waals surface area contributed by atoms with Crippen LogP contribution in [0.4, 0.5) is 34.1 Å². The highest BCUT2D eigenvalue weighted by Crippen LogP contribution is 2.58. The van der Waals surface area contributed by atoms with E-state index >= 15 is 0 Å². The van der Waals surface area contributed by atoms with E-state index in [1.165, 1.54) is 4.90 Å². The highest BCUT2D eigenvalue weighted by atomic mass is 16.4. The van der Waals surface area contributed by atoms with Crippen molar-refractivity contribution in [3.63, 3.8) is 0 Å². The van der Waals surface area contributed by atoms with Crippen LogP contribution in [0.3, 0.4) is 0 Å². The summed E-state index contributed by atoms with van der Waals surface area (Å²) >= 11 is 0. The van der Waals surface area contributed by atoms with Gasteiger partial charge in [-0.2, -0.15) is 0 Å². The van der Waals surface area contributed by atoms with Crippen LogP contribution in [0.1, 0.15) is 0 Å². The molecule has 0 aliphatic carbocycles. The molecular formula is C50H37BN2O9. The lowest BCUT2D eigenvalue weighted by molar-refractivity contribution is 0.329. The lowest BCUT2D eigenvalue weighted by Crippen LogP contribution is -2.20. The summed E-state index contributed by atoms with van der Waals surface area (Å²) < 4.78 is 0. The van der Waals surface area contributed by atoms with Gasteiger partial charge in [-0.1, -0.05) is 115 Å². The van der Waals surface area contributed by atoms with Crippen molar-refractivity contribution in [2.75, 3.05) is 9.80 Å². The first-order valence-corrected chi connectivity index (χ1v) is 19.5. The summed E-state index contributed by atoms with van der Waals surface area (Å²) in [4.78, 5) is 3.23. The van der Waals surface area contributed by atoms with Crippen molar-refractivity contribution in [1.29, 1.82) is 0 Å². The summed E-state index contributed by atoms with van der Waals surface area (Å²) in [6.07, 6.45) is 0. The molecule has 0 unspecified atom stereocenters. The first kappa shape index (κ1) is 38.9. The SMILES string of the molecule is Bc1c(O)c(O)c(O)c(O)c1N(c1ccc(-c2cccc(-c3ccc(N(c4c(O)c(O)c(O)c(O)c4O)c4cccc5ccccc45)cc3)c2)cc1)c1cccc2ccccc12. The quantitative estimate of drug-likeness (QED) is 0.0403. The molecule has 9 aromatic rings. The molecule has 0 radical (unpaired) electrons. The molecule has 0 spiro atoms. The van der Waals surface area contributed by atoms with Gasteiger partial charge in [0.15, 0.2) is 23.0 Å². The molecule has 12 heteroatoms. The number of hydrogen-bond acceptors (Lipinski definition) is 11. The molecule has 62 heavy (non-hydrogen) atoms. The number of rotatable bonds is 8. The van der Waals surface area contributed by atoms with Gasteiger partial charge >= 0.3 is 0 Å². The molecule has 11 nitrogen and oxygen atoms in total. The molecule has 0 fully saturated rings. The third-order valence-corrected chi connectivity index (χ3v) is 11.2. The molecular weight excluding hydrogens is 783 g/mol. The van der Waals surface area contributed by atoms with E-state index in [0.29, 0.717) is 22.7 Å². The summed E-state index contributed by atoms with van der Waals surface area (Å²) in [5.74, 6) is -7.51. The monoisotopic (exact) mass is 820 g/mol. The Morgan fingerprint density at radius 1 is 0.306 bits per heavy atom. The van der Waals surface area contributed by atoms with Crippen molar-refractivity contribution in [3.05, 3.63) is 158 Å². The number of benzene rings is 9. The highest BCUT2D eigenvalue weighted by molar-refractivity contribution is 6.39. The minimum atomic E-state index is -1.05. The van der Waals surface area contributed by atoms with Crippen LogP contribution in [0.5, 0.6) is 51.7 Å². The third-order valence-electron chi connectivity index (χ3n) is 11.2. The minimum absolute atomic E-state index is 0.0933. The van der Waals surface area contributed by atoms with Gasteiger partial charge in [-0.3, -0.25) is 0 Å². The molecule has 0 amide bonds. The van der Waals surface area contributed by atoms with Gasteiger partial charge in [0.1, 0.15) is 13.5 Å². The number of hydrogen-bond donors (Lipinski definition) is 9. The molecule has 0 saturated carbocycles. The van der Waals surface area contributed by atoms with E-state index in [4.69, 9.17) is 0 Å². The molecule has 304 valence electrons. The standard InChI is InChI=1S/C50H37BN2O9/c51-39-40(43(55)47(59)46(58)42(39)54)52(37-16-6-10-29-8-1-3-14-35(29)37)33-22-18-27(19-23-33)31-12-5-13-32(26-31)28-20-24-34(25-21-28)53(38-17-7-11-30-9-2-4-15-36(30)38)41-44(56)48(60)50(62)49(61)45(41)57/h1-26,54-62H,51H2. The van der Waals surface area contributed by atoms with Gasteiger partial charge in [0.2, 0.25) is 28.7 Å². The summed E-state index contributed by atoms with van der Waals surface area (Å²) in [6, 6.07) is 49.2. The van der Waals surface area contributed by atoms with Gasteiger partial charge in [-0.25, -0.2) is 0 Å². The summed E-state index contributed by atoms with van der Waals surface area (Å²) in [6.45, 7) is 0. The van der Waals surface area contributed by atoms with Crippen LogP contribution in [0.2, 0.25) is 0 Å². The van der Waals surface area contributed by atoms with Gasteiger partial charge in [-0.05, 0) is 81.0 Å². The number of anilines is 6. The fourth-order valence-electron chi connectivity index (χ4n) is 8.03.